The van der Waals surface area contributed by atoms with E-state index in [0.29, 0.717) is 22.3 Å². The number of imidazole rings is 2. The number of nitrogen functional groups attached to an aromatic ring is 2. The molecule has 18 nitrogen and oxygen atoms in total. The first-order valence-corrected chi connectivity index (χ1v) is 14.3. The lowest BCUT2D eigenvalue weighted by Crippen LogP contribution is -2.27. The summed E-state index contributed by atoms with van der Waals surface area (Å²) in [6.07, 6.45) is 1.98. The Morgan fingerprint density at radius 2 is 1.35 bits per heavy atom. The van der Waals surface area contributed by atoms with Crippen LogP contribution in [0, 0.1) is 0 Å². The van der Waals surface area contributed by atoms with E-state index < -0.39 is 53.4 Å². The number of aromatic nitrogens is 8. The van der Waals surface area contributed by atoms with E-state index in [2.05, 4.69) is 29.9 Å². The number of nitrogens with zero attached hydrogens (tertiary/aromatic N) is 8. The van der Waals surface area contributed by atoms with Gasteiger partial charge in [0, 0.05) is 22.0 Å². The van der Waals surface area contributed by atoms with E-state index >= 15 is 0 Å². The maximum atomic E-state index is 12.9. The molecule has 0 saturated carbocycles. The monoisotopic (exact) mass is 592 g/mol. The summed E-state index contributed by atoms with van der Waals surface area (Å²) >= 11 is 0. The van der Waals surface area contributed by atoms with Gasteiger partial charge >= 0.3 is 16.5 Å². The summed E-state index contributed by atoms with van der Waals surface area (Å²) in [5, 5.41) is 0. The molecule has 0 amide bonds. The Balaban J connectivity index is 1.11. The molecule has 0 radical (unpaired) electrons. The zero-order chi connectivity index (χ0) is 27.4. The first kappa shape index (κ1) is 25.6. The van der Waals surface area contributed by atoms with E-state index in [4.69, 9.17) is 39.0 Å². The molecule has 3 aliphatic heterocycles. The van der Waals surface area contributed by atoms with E-state index in [-0.39, 0.29) is 37.7 Å². The Labute approximate surface area is 226 Å². The highest BCUT2D eigenvalue weighted by molar-refractivity contribution is 7.33. The molecular weight excluding hydrogens is 570 g/mol. The number of ether oxygens (including phenoxy) is 2. The first-order chi connectivity index (χ1) is 19.4. The lowest BCUT2D eigenvalue weighted by Gasteiger charge is -2.17. The third-order valence-corrected chi connectivity index (χ3v) is 8.44. The normalized spacial score (nSPS) is 31.6. The van der Waals surface area contributed by atoms with Crippen LogP contribution < -0.4 is 11.5 Å². The minimum atomic E-state index is -2.62. The van der Waals surface area contributed by atoms with Gasteiger partial charge in [-0.05, 0) is 0 Å². The number of anilines is 2. The highest BCUT2D eigenvalue weighted by Crippen LogP contribution is 2.44. The summed E-state index contributed by atoms with van der Waals surface area (Å²) in [5.74, 6) is 0.429. The topological polar surface area (TPSA) is 229 Å². The predicted octanol–water partition coefficient (Wildman–Crippen LogP) is 1.54. The average Bonchev–Trinajstić information content (AvgIpc) is 3.71. The number of hydrogen-bond acceptors (Lipinski definition) is 16. The molecule has 3 aliphatic rings. The molecule has 3 fully saturated rings. The molecule has 7 rings (SSSR count). The van der Waals surface area contributed by atoms with Gasteiger partial charge < -0.3 is 20.9 Å². The maximum Gasteiger partial charge on any atom is 0.697 e. The SMILES string of the molecule is Nc1ncnc2c1ncn2[C@@H]1O[C@@H]2CO[P+](=O)O[C@H]3C[C@H](n4cnc5c(N)ncnc54)O[C@@H]3CO[P+](=O)O[C@@H]1C2. The number of fused-ring (bicyclic) bond motifs is 5. The van der Waals surface area contributed by atoms with Gasteiger partial charge in [-0.3, -0.25) is 9.13 Å². The van der Waals surface area contributed by atoms with Crippen molar-refractivity contribution in [1.82, 2.24) is 39.0 Å². The van der Waals surface area contributed by atoms with Crippen LogP contribution in [-0.4, -0.2) is 76.7 Å². The summed E-state index contributed by atoms with van der Waals surface area (Å²) in [7, 11) is -5.18. The van der Waals surface area contributed by atoms with Crippen molar-refractivity contribution in [3.05, 3.63) is 25.3 Å². The van der Waals surface area contributed by atoms with Crippen molar-refractivity contribution in [1.29, 1.82) is 0 Å². The molecule has 7 heterocycles. The van der Waals surface area contributed by atoms with E-state index in [9.17, 15) is 9.13 Å². The quantitative estimate of drug-likeness (QED) is 0.314. The van der Waals surface area contributed by atoms with E-state index in [1.165, 1.54) is 25.3 Å². The molecule has 8 atom stereocenters. The zero-order valence-electron chi connectivity index (χ0n) is 20.5. The van der Waals surface area contributed by atoms with Crippen LogP contribution in [0.4, 0.5) is 11.6 Å². The van der Waals surface area contributed by atoms with Crippen LogP contribution >= 0.6 is 16.5 Å². The molecule has 40 heavy (non-hydrogen) atoms. The Morgan fingerprint density at radius 3 is 2.08 bits per heavy atom. The van der Waals surface area contributed by atoms with Gasteiger partial charge in [0.25, 0.3) is 0 Å². The number of rotatable bonds is 2. The molecule has 0 aromatic carbocycles. The third-order valence-electron chi connectivity index (χ3n) is 6.84. The second-order valence-electron chi connectivity index (χ2n) is 9.24. The van der Waals surface area contributed by atoms with Crippen LogP contribution in [-0.2, 0) is 36.7 Å². The van der Waals surface area contributed by atoms with Gasteiger partial charge in [-0.25, -0.2) is 29.9 Å². The fourth-order valence-corrected chi connectivity index (χ4v) is 6.52. The molecule has 4 N–H and O–H groups in total. The molecule has 0 aliphatic carbocycles. The van der Waals surface area contributed by atoms with Gasteiger partial charge in [0.2, 0.25) is 0 Å². The van der Waals surface area contributed by atoms with E-state index in [1.807, 2.05) is 0 Å². The van der Waals surface area contributed by atoms with Crippen LogP contribution in [0.1, 0.15) is 25.3 Å². The Bertz CT molecular complexity index is 1620. The van der Waals surface area contributed by atoms with Crippen molar-refractivity contribution in [2.75, 3.05) is 24.7 Å². The van der Waals surface area contributed by atoms with Crippen molar-refractivity contribution in [3.63, 3.8) is 0 Å². The third kappa shape index (κ3) is 4.57. The Morgan fingerprint density at radius 1 is 0.725 bits per heavy atom. The fourth-order valence-electron chi connectivity index (χ4n) is 4.99. The van der Waals surface area contributed by atoms with Gasteiger partial charge in [0.05, 0.1) is 18.8 Å². The Kier molecular flexibility index (Phi) is 6.56. The molecule has 208 valence electrons. The largest absolute Gasteiger partial charge is 0.697 e. The second-order valence-corrected chi connectivity index (χ2v) is 11.1. The summed E-state index contributed by atoms with van der Waals surface area (Å²) in [6.45, 7) is -0.250. The highest BCUT2D eigenvalue weighted by Gasteiger charge is 2.49. The molecule has 3 saturated heterocycles. The van der Waals surface area contributed by atoms with Crippen molar-refractivity contribution in [2.24, 2.45) is 0 Å². The molecule has 2 bridgehead atoms. The summed E-state index contributed by atoms with van der Waals surface area (Å²) in [4.78, 5) is 24.9. The van der Waals surface area contributed by atoms with Crippen molar-refractivity contribution >= 4 is 50.5 Å². The van der Waals surface area contributed by atoms with E-state index in [0.717, 1.165) is 0 Å². The molecule has 4 aromatic heterocycles. The van der Waals surface area contributed by atoms with Crippen LogP contribution in [0.2, 0.25) is 0 Å². The van der Waals surface area contributed by atoms with Gasteiger partial charge in [-0.2, -0.15) is 0 Å². The summed E-state index contributed by atoms with van der Waals surface area (Å²) in [6, 6.07) is 0. The smallest absolute Gasteiger partial charge is 0.382 e. The minimum absolute atomic E-state index is 0.0724. The van der Waals surface area contributed by atoms with Crippen LogP contribution in [0.15, 0.2) is 25.3 Å². The van der Waals surface area contributed by atoms with Gasteiger partial charge in [0.1, 0.15) is 55.3 Å². The first-order valence-electron chi connectivity index (χ1n) is 12.2. The van der Waals surface area contributed by atoms with Crippen molar-refractivity contribution in [3.8, 4) is 0 Å². The number of nitrogens with two attached hydrogens (primary N) is 2. The highest BCUT2D eigenvalue weighted by atomic mass is 31.1. The van der Waals surface area contributed by atoms with Crippen molar-refractivity contribution < 1.29 is 36.7 Å². The van der Waals surface area contributed by atoms with Gasteiger partial charge in [-0.1, -0.05) is 0 Å². The minimum Gasteiger partial charge on any atom is -0.382 e. The van der Waals surface area contributed by atoms with Gasteiger partial charge in [-0.15, -0.1) is 18.1 Å². The lowest BCUT2D eigenvalue weighted by molar-refractivity contribution is -0.0545. The maximum absolute atomic E-state index is 12.9. The van der Waals surface area contributed by atoms with Crippen LogP contribution in [0.25, 0.3) is 22.3 Å². The predicted molar refractivity (Wildman–Crippen MR) is 133 cm³/mol. The number of hydrogen-bond donors (Lipinski definition) is 2. The zero-order valence-corrected chi connectivity index (χ0v) is 22.3. The van der Waals surface area contributed by atoms with Gasteiger partial charge in [0.15, 0.2) is 35.3 Å². The Hall–Kier alpha value is -3.34. The van der Waals surface area contributed by atoms with Crippen LogP contribution in [0.5, 0.6) is 0 Å². The van der Waals surface area contributed by atoms with Crippen molar-refractivity contribution in [2.45, 2.75) is 49.7 Å². The standard InChI is InChI=1S/C20H22N10O8P2/c21-16-14-18(25-5-23-16)29(7-27-14)13-2-10-12(36-13)4-34-40(32)38-11-1-9(3-33-39(31)37-10)35-20(11)30-8-28-15-17(22)24-6-26-19(15)30/h5-13,20H,1-4H2,(H2,21,23,25)(H2,22,24,26)/q+2/t9-,10-,11+,12+,13+,20+/m0/s1. The van der Waals surface area contributed by atoms with E-state index in [1.54, 1.807) is 9.13 Å². The molecule has 4 aromatic rings. The summed E-state index contributed by atoms with van der Waals surface area (Å²) < 4.78 is 63.8. The fraction of sp³-hybridized carbons (Fsp3) is 0.500. The summed E-state index contributed by atoms with van der Waals surface area (Å²) in [5.41, 5.74) is 13.5. The second kappa shape index (κ2) is 10.2. The molecule has 0 spiro atoms. The molecule has 2 unspecified atom stereocenters. The average molecular weight is 592 g/mol. The lowest BCUT2D eigenvalue weighted by atomic mass is 10.2. The molecule has 20 heteroatoms. The van der Waals surface area contributed by atoms with Crippen LogP contribution in [0.3, 0.4) is 0 Å². The molecular formula is C20H22N10O8P2+2.